The van der Waals surface area contributed by atoms with E-state index in [0.29, 0.717) is 25.7 Å². The molecule has 0 aromatic heterocycles. The molecule has 18 atom stereocenters. The second kappa shape index (κ2) is 12.9. The van der Waals surface area contributed by atoms with E-state index in [2.05, 4.69) is 20.1 Å². The average Bonchev–Trinajstić information content (AvgIpc) is 3.76. The number of hydrogen-bond donors (Lipinski definition) is 1. The lowest BCUT2D eigenvalue weighted by atomic mass is 9.84. The van der Waals surface area contributed by atoms with Crippen molar-refractivity contribution in [1.29, 1.82) is 0 Å². The zero-order valence-corrected chi connectivity index (χ0v) is 28.7. The highest BCUT2D eigenvalue weighted by Crippen LogP contribution is 2.54. The fraction of sp³-hybridized carbons (Fsp3) is 0.865. The van der Waals surface area contributed by atoms with Crippen molar-refractivity contribution in [3.8, 4) is 0 Å². The molecule has 0 aromatic carbocycles. The third-order valence-corrected chi connectivity index (χ3v) is 12.9. The van der Waals surface area contributed by atoms with E-state index in [0.717, 1.165) is 49.7 Å². The second-order valence-electron chi connectivity index (χ2n) is 16.0. The molecule has 0 saturated carbocycles. The smallest absolute Gasteiger partial charge is 0.308 e. The lowest BCUT2D eigenvalue weighted by Gasteiger charge is -2.47. The first-order valence-electron chi connectivity index (χ1n) is 18.7. The monoisotopic (exact) mass is 688 g/mol. The largest absolute Gasteiger partial charge is 0.457 e. The van der Waals surface area contributed by atoms with Gasteiger partial charge in [0.15, 0.2) is 11.9 Å². The van der Waals surface area contributed by atoms with Gasteiger partial charge in [0.05, 0.1) is 55.8 Å². The van der Waals surface area contributed by atoms with Crippen LogP contribution in [0.4, 0.5) is 0 Å². The van der Waals surface area contributed by atoms with Gasteiger partial charge in [-0.25, -0.2) is 0 Å². The number of carbonyl (C=O) groups is 1. The summed E-state index contributed by atoms with van der Waals surface area (Å²) in [5, 5.41) is 10.2. The minimum absolute atomic E-state index is 0.0171. The molecule has 1 unspecified atom stereocenters. The Morgan fingerprint density at radius 3 is 2.35 bits per heavy atom. The molecule has 12 heteroatoms. The Hall–Kier alpha value is -1.45. The van der Waals surface area contributed by atoms with Gasteiger partial charge < -0.3 is 52.5 Å². The van der Waals surface area contributed by atoms with Crippen molar-refractivity contribution in [1.82, 2.24) is 0 Å². The number of hydrogen-bond acceptors (Lipinski definition) is 12. The average molecular weight is 689 g/mol. The number of ether oxygens (including phenoxy) is 10. The lowest BCUT2D eigenvalue weighted by molar-refractivity contribution is -0.293. The number of fused-ring (bicyclic) bond motifs is 6. The number of esters is 1. The summed E-state index contributed by atoms with van der Waals surface area (Å²) < 4.78 is 65.0. The highest BCUT2D eigenvalue weighted by molar-refractivity contribution is 5.70. The van der Waals surface area contributed by atoms with Crippen LogP contribution in [0.15, 0.2) is 24.3 Å². The maximum atomic E-state index is 13.6. The summed E-state index contributed by atoms with van der Waals surface area (Å²) in [6.07, 6.45) is 2.58. The van der Waals surface area contributed by atoms with Gasteiger partial charge in [-0.3, -0.25) is 4.79 Å². The van der Waals surface area contributed by atoms with Crippen LogP contribution in [-0.2, 0) is 52.2 Å². The van der Waals surface area contributed by atoms with Crippen LogP contribution in [-0.4, -0.2) is 128 Å². The molecular formula is C37H52O12. The van der Waals surface area contributed by atoms with E-state index in [4.69, 9.17) is 47.4 Å². The van der Waals surface area contributed by atoms with Gasteiger partial charge in [-0.15, -0.1) is 0 Å². The molecule has 12 nitrogen and oxygen atoms in total. The van der Waals surface area contributed by atoms with E-state index in [9.17, 15) is 9.90 Å². The van der Waals surface area contributed by atoms with Crippen molar-refractivity contribution >= 4 is 5.97 Å². The number of methoxy groups -OCH3 is 1. The Balaban J connectivity index is 0.994. The highest BCUT2D eigenvalue weighted by atomic mass is 16.8. The summed E-state index contributed by atoms with van der Waals surface area (Å²) in [4.78, 5) is 13.6. The molecule has 49 heavy (non-hydrogen) atoms. The van der Waals surface area contributed by atoms with Crippen molar-refractivity contribution in [3.05, 3.63) is 24.3 Å². The minimum atomic E-state index is -0.795. The van der Waals surface area contributed by atoms with Crippen LogP contribution in [0.3, 0.4) is 0 Å². The van der Waals surface area contributed by atoms with Gasteiger partial charge in [-0.1, -0.05) is 20.1 Å². The Morgan fingerprint density at radius 2 is 1.51 bits per heavy atom. The van der Waals surface area contributed by atoms with Gasteiger partial charge >= 0.3 is 5.97 Å². The molecule has 10 heterocycles. The summed E-state index contributed by atoms with van der Waals surface area (Å²) in [5.41, 5.74) is 2.13. The quantitative estimate of drug-likeness (QED) is 0.338. The molecule has 0 amide bonds. The molecule has 272 valence electrons. The van der Waals surface area contributed by atoms with Crippen LogP contribution >= 0.6 is 0 Å². The number of carbonyl (C=O) groups excluding carboxylic acids is 1. The van der Waals surface area contributed by atoms with E-state index < -0.39 is 42.3 Å². The molecule has 10 aliphatic heterocycles. The van der Waals surface area contributed by atoms with Crippen LogP contribution < -0.4 is 0 Å². The molecule has 10 rings (SSSR count). The van der Waals surface area contributed by atoms with Crippen molar-refractivity contribution in [2.75, 3.05) is 13.7 Å². The molecule has 12 bridgehead atoms. The Morgan fingerprint density at radius 1 is 0.755 bits per heavy atom. The zero-order chi connectivity index (χ0) is 33.6. The maximum Gasteiger partial charge on any atom is 0.308 e. The highest BCUT2D eigenvalue weighted by Gasteiger charge is 2.68. The van der Waals surface area contributed by atoms with Gasteiger partial charge in [-0.05, 0) is 62.0 Å². The Bertz CT molecular complexity index is 1310. The Kier molecular flexibility index (Phi) is 8.79. The van der Waals surface area contributed by atoms with Crippen molar-refractivity contribution < 1.29 is 57.3 Å². The van der Waals surface area contributed by atoms with E-state index in [1.165, 1.54) is 0 Å². The van der Waals surface area contributed by atoms with Crippen molar-refractivity contribution in [2.45, 2.75) is 181 Å². The Labute approximate surface area is 288 Å². The predicted molar refractivity (Wildman–Crippen MR) is 170 cm³/mol. The fourth-order valence-electron chi connectivity index (χ4n) is 10.4. The van der Waals surface area contributed by atoms with Gasteiger partial charge in [0.2, 0.25) is 0 Å². The fourth-order valence-corrected chi connectivity index (χ4v) is 10.4. The number of aliphatic hydroxyl groups is 1. The van der Waals surface area contributed by atoms with Crippen LogP contribution in [0.5, 0.6) is 0 Å². The number of rotatable bonds is 2. The lowest BCUT2D eigenvalue weighted by Crippen LogP contribution is -2.61. The van der Waals surface area contributed by atoms with E-state index in [-0.39, 0.29) is 86.1 Å². The summed E-state index contributed by atoms with van der Waals surface area (Å²) in [6, 6.07) is 0. The topological polar surface area (TPSA) is 130 Å². The molecule has 0 aromatic rings. The van der Waals surface area contributed by atoms with Crippen LogP contribution in [0, 0.1) is 5.92 Å². The molecule has 0 radical (unpaired) electrons. The molecule has 10 aliphatic rings. The van der Waals surface area contributed by atoms with Gasteiger partial charge in [0.25, 0.3) is 0 Å². The van der Waals surface area contributed by atoms with E-state index in [1.54, 1.807) is 7.11 Å². The summed E-state index contributed by atoms with van der Waals surface area (Å²) in [7, 11) is 1.55. The molecular weight excluding hydrogens is 636 g/mol. The SMILES string of the molecule is C=C1C[C@@H]2CC[C@@]34C[C@@H]5O[C@@H]6C(O[C@H]7CC[C@H](CC(=O)O[C@@H]8[C@@H](OC)[C@H](CO)O[C@H]8C[C@H]8O[C@@H](CC[C@@H]1O2)C[C@@H](C)C8=C)O[C@@H]7[C@@H]6O3)[C@H]5O4. The standard InChI is InChI=1S/C37H52O12/c1-17-11-20-5-7-23-18(2)12-22(41-23)9-10-37-15-27-33(48-37)34-35(46-27)36(49-37)31-24(45-34)8-6-21(43-31)13-29(39)47-32-26(14-25(42-20)19(17)3)44-28(16-38)30(32)40-4/h17,20-28,30-36,38H,2-3,5-16H2,1,4H3/t17-,20+,21-,22+,23+,24+,25-,26+,27+,28+,30+,31+,32+,33+,34?,35-,36+,37+/m1/s1. The summed E-state index contributed by atoms with van der Waals surface area (Å²) in [5.74, 6) is -0.940. The van der Waals surface area contributed by atoms with E-state index in [1.807, 2.05) is 0 Å². The minimum Gasteiger partial charge on any atom is -0.457 e. The van der Waals surface area contributed by atoms with Crippen molar-refractivity contribution in [3.63, 3.8) is 0 Å². The maximum absolute atomic E-state index is 13.6. The second-order valence-corrected chi connectivity index (χ2v) is 16.0. The van der Waals surface area contributed by atoms with Gasteiger partial charge in [0, 0.05) is 26.4 Å². The first-order valence-corrected chi connectivity index (χ1v) is 18.7. The summed E-state index contributed by atoms with van der Waals surface area (Å²) in [6.45, 7) is 10.7. The normalized spacial score (nSPS) is 54.0. The first-order chi connectivity index (χ1) is 23.7. The predicted octanol–water partition coefficient (Wildman–Crippen LogP) is 3.06. The zero-order valence-electron chi connectivity index (χ0n) is 28.7. The first kappa shape index (κ1) is 33.4. The van der Waals surface area contributed by atoms with E-state index >= 15 is 0 Å². The molecule has 0 aliphatic carbocycles. The van der Waals surface area contributed by atoms with Crippen LogP contribution in [0.25, 0.3) is 0 Å². The van der Waals surface area contributed by atoms with Gasteiger partial charge in [0.1, 0.15) is 48.8 Å². The molecule has 1 N–H and O–H groups in total. The van der Waals surface area contributed by atoms with Crippen molar-refractivity contribution in [2.24, 2.45) is 5.92 Å². The van der Waals surface area contributed by atoms with Crippen LogP contribution in [0.2, 0.25) is 0 Å². The third kappa shape index (κ3) is 5.86. The number of aliphatic hydroxyl groups excluding tert-OH is 1. The molecule has 1 spiro atoms. The van der Waals surface area contributed by atoms with Crippen LogP contribution in [0.1, 0.15) is 77.6 Å². The van der Waals surface area contributed by atoms with Gasteiger partial charge in [-0.2, -0.15) is 0 Å². The summed E-state index contributed by atoms with van der Waals surface area (Å²) >= 11 is 0. The third-order valence-electron chi connectivity index (χ3n) is 12.9. The molecule has 10 saturated heterocycles. The molecule has 10 fully saturated rings.